The summed E-state index contributed by atoms with van der Waals surface area (Å²) in [6.45, 7) is 0.412. The summed E-state index contributed by atoms with van der Waals surface area (Å²) in [6.07, 6.45) is 0. The molecule has 0 unspecified atom stereocenters. The lowest BCUT2D eigenvalue weighted by atomic mass is 10.1. The van der Waals surface area contributed by atoms with Crippen molar-refractivity contribution in [2.24, 2.45) is 10.9 Å². The maximum atomic E-state index is 8.54. The highest BCUT2D eigenvalue weighted by Gasteiger charge is 2.06. The predicted octanol–water partition coefficient (Wildman–Crippen LogP) is 0.936. The van der Waals surface area contributed by atoms with Crippen LogP contribution < -0.4 is 10.5 Å². The van der Waals surface area contributed by atoms with Crippen molar-refractivity contribution >= 4 is 5.84 Å². The summed E-state index contributed by atoms with van der Waals surface area (Å²) in [5, 5.41) is 11.5. The Bertz CT molecular complexity index is 364. The molecule has 0 saturated heterocycles. The molecule has 0 aromatic heterocycles. The average Bonchev–Trinajstić information content (AvgIpc) is 2.28. The van der Waals surface area contributed by atoms with E-state index in [0.29, 0.717) is 17.9 Å². The maximum absolute atomic E-state index is 8.54. The quantitative estimate of drug-likeness (QED) is 0.335. The Labute approximate surface area is 88.1 Å². The van der Waals surface area contributed by atoms with Crippen LogP contribution in [0.1, 0.15) is 11.1 Å². The summed E-state index contributed by atoms with van der Waals surface area (Å²) in [4.78, 5) is 0. The fourth-order valence-corrected chi connectivity index (χ4v) is 1.26. The minimum atomic E-state index is 0.0648. The fraction of sp³-hybridized carbons (Fsp3) is 0.300. The van der Waals surface area contributed by atoms with E-state index >= 15 is 0 Å². The number of benzene rings is 1. The van der Waals surface area contributed by atoms with E-state index in [0.717, 1.165) is 5.56 Å². The van der Waals surface area contributed by atoms with E-state index in [9.17, 15) is 0 Å². The number of methoxy groups -OCH3 is 2. The standard InChI is InChI=1S/C10H14N2O3/c1-14-6-8-5-7(10(11)12-13)3-4-9(8)15-2/h3-5,13H,6H2,1-2H3,(H2,11,12). The van der Waals surface area contributed by atoms with Gasteiger partial charge in [0.25, 0.3) is 0 Å². The highest BCUT2D eigenvalue weighted by Crippen LogP contribution is 2.20. The van der Waals surface area contributed by atoms with Crippen molar-refractivity contribution in [2.75, 3.05) is 14.2 Å². The average molecular weight is 210 g/mol. The Morgan fingerprint density at radius 2 is 2.20 bits per heavy atom. The van der Waals surface area contributed by atoms with Crippen molar-refractivity contribution in [3.63, 3.8) is 0 Å². The number of nitrogens with two attached hydrogens (primary N) is 1. The van der Waals surface area contributed by atoms with E-state index in [1.54, 1.807) is 32.4 Å². The molecule has 0 aliphatic rings. The molecule has 0 bridgehead atoms. The summed E-state index contributed by atoms with van der Waals surface area (Å²) < 4.78 is 10.2. The van der Waals surface area contributed by atoms with Crippen LogP contribution in [0.3, 0.4) is 0 Å². The Hall–Kier alpha value is -1.75. The molecule has 0 radical (unpaired) electrons. The molecule has 0 aliphatic carbocycles. The SMILES string of the molecule is COCc1cc(/C(N)=N/O)ccc1OC. The van der Waals surface area contributed by atoms with Gasteiger partial charge in [-0.1, -0.05) is 5.16 Å². The van der Waals surface area contributed by atoms with E-state index in [4.69, 9.17) is 20.4 Å². The van der Waals surface area contributed by atoms with Crippen molar-refractivity contribution < 1.29 is 14.7 Å². The lowest BCUT2D eigenvalue weighted by molar-refractivity contribution is 0.181. The summed E-state index contributed by atoms with van der Waals surface area (Å²) in [6, 6.07) is 5.23. The number of hydrogen-bond donors (Lipinski definition) is 2. The Morgan fingerprint density at radius 3 is 2.73 bits per heavy atom. The van der Waals surface area contributed by atoms with Gasteiger partial charge in [0.2, 0.25) is 0 Å². The first kappa shape index (κ1) is 11.3. The van der Waals surface area contributed by atoms with Crippen LogP contribution in [0.25, 0.3) is 0 Å². The van der Waals surface area contributed by atoms with Crippen LogP contribution in [0.5, 0.6) is 5.75 Å². The smallest absolute Gasteiger partial charge is 0.170 e. The number of hydrogen-bond acceptors (Lipinski definition) is 4. The summed E-state index contributed by atoms with van der Waals surface area (Å²) in [5.41, 5.74) is 6.95. The topological polar surface area (TPSA) is 77.1 Å². The Balaban J connectivity index is 3.09. The fourth-order valence-electron chi connectivity index (χ4n) is 1.26. The molecule has 1 rings (SSSR count). The van der Waals surface area contributed by atoms with Crippen molar-refractivity contribution in [3.05, 3.63) is 29.3 Å². The van der Waals surface area contributed by atoms with Crippen LogP contribution in [0.2, 0.25) is 0 Å². The van der Waals surface area contributed by atoms with Gasteiger partial charge in [-0.3, -0.25) is 0 Å². The molecule has 0 atom stereocenters. The first-order chi connectivity index (χ1) is 7.22. The third-order valence-electron chi connectivity index (χ3n) is 1.98. The van der Waals surface area contributed by atoms with Crippen LogP contribution in [-0.2, 0) is 11.3 Å². The molecule has 15 heavy (non-hydrogen) atoms. The first-order valence-corrected chi connectivity index (χ1v) is 4.36. The third kappa shape index (κ3) is 2.60. The van der Waals surface area contributed by atoms with Crippen molar-refractivity contribution in [1.29, 1.82) is 0 Å². The second-order valence-corrected chi connectivity index (χ2v) is 2.94. The highest BCUT2D eigenvalue weighted by atomic mass is 16.5. The zero-order valence-electron chi connectivity index (χ0n) is 8.73. The predicted molar refractivity (Wildman–Crippen MR) is 56.2 cm³/mol. The zero-order valence-corrected chi connectivity index (χ0v) is 8.73. The molecule has 0 fully saturated rings. The Kier molecular flexibility index (Phi) is 3.93. The van der Waals surface area contributed by atoms with Crippen LogP contribution in [0.4, 0.5) is 0 Å². The minimum absolute atomic E-state index is 0.0648. The molecule has 5 heteroatoms. The van der Waals surface area contributed by atoms with Crippen molar-refractivity contribution in [3.8, 4) is 5.75 Å². The molecule has 1 aromatic carbocycles. The summed E-state index contributed by atoms with van der Waals surface area (Å²) >= 11 is 0. The van der Waals surface area contributed by atoms with Crippen molar-refractivity contribution in [1.82, 2.24) is 0 Å². The molecule has 1 aromatic rings. The van der Waals surface area contributed by atoms with E-state index < -0.39 is 0 Å². The maximum Gasteiger partial charge on any atom is 0.170 e. The normalized spacial score (nSPS) is 11.5. The third-order valence-corrected chi connectivity index (χ3v) is 1.98. The van der Waals surface area contributed by atoms with E-state index in [1.165, 1.54) is 0 Å². The van der Waals surface area contributed by atoms with Gasteiger partial charge in [0.1, 0.15) is 5.75 Å². The second-order valence-electron chi connectivity index (χ2n) is 2.94. The second kappa shape index (κ2) is 5.21. The number of oxime groups is 1. The van der Waals surface area contributed by atoms with Gasteiger partial charge in [-0.05, 0) is 18.2 Å². The molecule has 3 N–H and O–H groups in total. The monoisotopic (exact) mass is 210 g/mol. The highest BCUT2D eigenvalue weighted by molar-refractivity contribution is 5.97. The molecule has 5 nitrogen and oxygen atoms in total. The number of nitrogens with zero attached hydrogens (tertiary/aromatic N) is 1. The van der Waals surface area contributed by atoms with Gasteiger partial charge in [0.05, 0.1) is 13.7 Å². The summed E-state index contributed by atoms with van der Waals surface area (Å²) in [7, 11) is 3.17. The molecule has 0 saturated carbocycles. The number of rotatable bonds is 4. The minimum Gasteiger partial charge on any atom is -0.496 e. The lowest BCUT2D eigenvalue weighted by Gasteiger charge is -2.09. The molecular formula is C10H14N2O3. The van der Waals surface area contributed by atoms with E-state index in [2.05, 4.69) is 5.16 Å². The van der Waals surface area contributed by atoms with E-state index in [-0.39, 0.29) is 5.84 Å². The van der Waals surface area contributed by atoms with Gasteiger partial charge in [-0.15, -0.1) is 0 Å². The summed E-state index contributed by atoms with van der Waals surface area (Å²) in [5.74, 6) is 0.779. The molecule has 0 amide bonds. The zero-order chi connectivity index (χ0) is 11.3. The molecule has 0 aliphatic heterocycles. The largest absolute Gasteiger partial charge is 0.496 e. The van der Waals surface area contributed by atoms with Crippen LogP contribution in [0, 0.1) is 0 Å². The molecule has 0 spiro atoms. The van der Waals surface area contributed by atoms with Gasteiger partial charge < -0.3 is 20.4 Å². The van der Waals surface area contributed by atoms with Crippen LogP contribution in [0.15, 0.2) is 23.4 Å². The van der Waals surface area contributed by atoms with Gasteiger partial charge in [0.15, 0.2) is 5.84 Å². The van der Waals surface area contributed by atoms with Crippen LogP contribution >= 0.6 is 0 Å². The molecule has 82 valence electrons. The van der Waals surface area contributed by atoms with Gasteiger partial charge >= 0.3 is 0 Å². The van der Waals surface area contributed by atoms with Gasteiger partial charge in [-0.2, -0.15) is 0 Å². The first-order valence-electron chi connectivity index (χ1n) is 4.36. The van der Waals surface area contributed by atoms with Crippen molar-refractivity contribution in [2.45, 2.75) is 6.61 Å². The number of amidine groups is 1. The lowest BCUT2D eigenvalue weighted by Crippen LogP contribution is -2.13. The molecular weight excluding hydrogens is 196 g/mol. The Morgan fingerprint density at radius 1 is 1.47 bits per heavy atom. The van der Waals surface area contributed by atoms with E-state index in [1.807, 2.05) is 0 Å². The van der Waals surface area contributed by atoms with Gasteiger partial charge in [0, 0.05) is 18.2 Å². The van der Waals surface area contributed by atoms with Gasteiger partial charge in [-0.25, -0.2) is 0 Å². The van der Waals surface area contributed by atoms with Crippen LogP contribution in [-0.4, -0.2) is 25.3 Å². The molecule has 0 heterocycles. The number of ether oxygens (including phenoxy) is 2.